The molecule has 1 aromatic carbocycles. The van der Waals surface area contributed by atoms with Crippen LogP contribution in [0.15, 0.2) is 59.4 Å². The second-order valence-corrected chi connectivity index (χ2v) is 7.73. The van der Waals surface area contributed by atoms with Crippen molar-refractivity contribution in [3.8, 4) is 22.0 Å². The second-order valence-electron chi connectivity index (χ2n) is 5.60. The molecule has 3 aromatic heterocycles. The van der Waals surface area contributed by atoms with Gasteiger partial charge in [-0.15, -0.1) is 22.7 Å². The molecule has 0 bridgehead atoms. The SMILES string of the molecule is O=C(Cc1csc(-c2ccccc2Cl)n1)Nc1nc(-c2ccccn2)cs1. The predicted molar refractivity (Wildman–Crippen MR) is 110 cm³/mol. The number of carbonyl (C=O) groups excluding carboxylic acids is 1. The molecule has 0 fully saturated rings. The molecule has 8 heteroatoms. The molecule has 1 amide bonds. The van der Waals surface area contributed by atoms with Gasteiger partial charge in [0.1, 0.15) is 10.7 Å². The van der Waals surface area contributed by atoms with E-state index in [-0.39, 0.29) is 12.3 Å². The number of aromatic nitrogens is 3. The van der Waals surface area contributed by atoms with Crippen LogP contribution in [0.3, 0.4) is 0 Å². The standard InChI is InChI=1S/C19H13ClN4OS2/c20-14-6-2-1-5-13(14)18-22-12(10-26-18)9-17(25)24-19-23-16(11-27-19)15-7-3-4-8-21-15/h1-8,10-11H,9H2,(H,23,24,25). The fourth-order valence-corrected chi connectivity index (χ4v) is 4.30. The van der Waals surface area contributed by atoms with E-state index in [0.717, 1.165) is 22.0 Å². The lowest BCUT2D eigenvalue weighted by molar-refractivity contribution is -0.115. The van der Waals surface area contributed by atoms with Gasteiger partial charge in [0.05, 0.1) is 22.8 Å². The molecule has 0 spiro atoms. The highest BCUT2D eigenvalue weighted by atomic mass is 35.5. The Balaban J connectivity index is 1.42. The molecule has 0 saturated carbocycles. The smallest absolute Gasteiger partial charge is 0.232 e. The second kappa shape index (κ2) is 7.96. The Labute approximate surface area is 168 Å². The average Bonchev–Trinajstić information content (AvgIpc) is 3.33. The fraction of sp³-hybridized carbons (Fsp3) is 0.0526. The van der Waals surface area contributed by atoms with Crippen LogP contribution < -0.4 is 5.32 Å². The molecular formula is C19H13ClN4OS2. The number of hydrogen-bond donors (Lipinski definition) is 1. The highest BCUT2D eigenvalue weighted by Gasteiger charge is 2.13. The number of halogens is 1. The first-order valence-electron chi connectivity index (χ1n) is 8.05. The maximum absolute atomic E-state index is 12.3. The van der Waals surface area contributed by atoms with Gasteiger partial charge < -0.3 is 5.32 Å². The first-order chi connectivity index (χ1) is 13.2. The summed E-state index contributed by atoms with van der Waals surface area (Å²) in [6.45, 7) is 0. The Hall–Kier alpha value is -2.61. The molecule has 0 unspecified atom stereocenters. The molecule has 0 saturated heterocycles. The molecular weight excluding hydrogens is 400 g/mol. The van der Waals surface area contributed by atoms with E-state index in [1.165, 1.54) is 22.7 Å². The van der Waals surface area contributed by atoms with Gasteiger partial charge in [0.25, 0.3) is 0 Å². The number of hydrogen-bond acceptors (Lipinski definition) is 6. The van der Waals surface area contributed by atoms with Gasteiger partial charge in [0.15, 0.2) is 5.13 Å². The van der Waals surface area contributed by atoms with Crippen molar-refractivity contribution in [1.82, 2.24) is 15.0 Å². The number of nitrogens with one attached hydrogen (secondary N) is 1. The van der Waals surface area contributed by atoms with Crippen LogP contribution in [0, 0.1) is 0 Å². The zero-order chi connectivity index (χ0) is 18.6. The summed E-state index contributed by atoms with van der Waals surface area (Å²) < 4.78 is 0. The minimum atomic E-state index is -0.159. The molecule has 5 nitrogen and oxygen atoms in total. The summed E-state index contributed by atoms with van der Waals surface area (Å²) in [5.41, 5.74) is 3.09. The Morgan fingerprint density at radius 1 is 1.00 bits per heavy atom. The summed E-state index contributed by atoms with van der Waals surface area (Å²) in [4.78, 5) is 25.5. The van der Waals surface area contributed by atoms with E-state index < -0.39 is 0 Å². The van der Waals surface area contributed by atoms with E-state index in [0.29, 0.717) is 15.8 Å². The molecule has 3 heterocycles. The topological polar surface area (TPSA) is 67.8 Å². The van der Waals surface area contributed by atoms with E-state index in [4.69, 9.17) is 11.6 Å². The predicted octanol–water partition coefficient (Wildman–Crippen LogP) is 5.16. The van der Waals surface area contributed by atoms with E-state index in [1.54, 1.807) is 6.20 Å². The number of carbonyl (C=O) groups is 1. The summed E-state index contributed by atoms with van der Waals surface area (Å²) in [6.07, 6.45) is 1.89. The third kappa shape index (κ3) is 4.21. The van der Waals surface area contributed by atoms with Gasteiger partial charge in [-0.25, -0.2) is 9.97 Å². The Kier molecular flexibility index (Phi) is 5.24. The maximum Gasteiger partial charge on any atom is 0.232 e. The van der Waals surface area contributed by atoms with Crippen LogP contribution in [0.2, 0.25) is 5.02 Å². The van der Waals surface area contributed by atoms with Crippen molar-refractivity contribution in [3.63, 3.8) is 0 Å². The number of amides is 1. The highest BCUT2D eigenvalue weighted by Crippen LogP contribution is 2.30. The molecule has 0 aliphatic rings. The number of nitrogens with zero attached hydrogens (tertiary/aromatic N) is 3. The first kappa shape index (κ1) is 17.8. The van der Waals surface area contributed by atoms with Crippen molar-refractivity contribution in [3.05, 3.63) is 70.1 Å². The van der Waals surface area contributed by atoms with Gasteiger partial charge in [-0.3, -0.25) is 9.78 Å². The van der Waals surface area contributed by atoms with Crippen LogP contribution in [0.1, 0.15) is 5.69 Å². The lowest BCUT2D eigenvalue weighted by atomic mass is 10.2. The monoisotopic (exact) mass is 412 g/mol. The summed E-state index contributed by atoms with van der Waals surface area (Å²) >= 11 is 9.05. The van der Waals surface area contributed by atoms with E-state index in [9.17, 15) is 4.79 Å². The van der Waals surface area contributed by atoms with Gasteiger partial charge in [-0.2, -0.15) is 0 Å². The molecule has 27 heavy (non-hydrogen) atoms. The van der Waals surface area contributed by atoms with E-state index in [1.807, 2.05) is 53.2 Å². The normalized spacial score (nSPS) is 10.7. The number of benzene rings is 1. The van der Waals surface area contributed by atoms with Crippen molar-refractivity contribution in [1.29, 1.82) is 0 Å². The molecule has 0 aliphatic heterocycles. The third-order valence-corrected chi connectivity index (χ3v) is 5.69. The van der Waals surface area contributed by atoms with Gasteiger partial charge in [-0.1, -0.05) is 35.9 Å². The van der Waals surface area contributed by atoms with Crippen molar-refractivity contribution in [2.75, 3.05) is 5.32 Å². The molecule has 4 rings (SSSR count). The summed E-state index contributed by atoms with van der Waals surface area (Å²) in [6, 6.07) is 13.2. The van der Waals surface area contributed by atoms with Gasteiger partial charge in [0, 0.05) is 22.5 Å². The fourth-order valence-electron chi connectivity index (χ4n) is 2.44. The molecule has 0 atom stereocenters. The molecule has 0 radical (unpaired) electrons. The van der Waals surface area contributed by atoms with Crippen LogP contribution in [-0.2, 0) is 11.2 Å². The number of anilines is 1. The van der Waals surface area contributed by atoms with Crippen LogP contribution in [0.5, 0.6) is 0 Å². The number of rotatable bonds is 5. The van der Waals surface area contributed by atoms with Crippen LogP contribution in [0.4, 0.5) is 5.13 Å². The molecule has 1 N–H and O–H groups in total. The first-order valence-corrected chi connectivity index (χ1v) is 10.2. The minimum Gasteiger partial charge on any atom is -0.302 e. The highest BCUT2D eigenvalue weighted by molar-refractivity contribution is 7.14. The van der Waals surface area contributed by atoms with Gasteiger partial charge in [0.2, 0.25) is 5.91 Å². The van der Waals surface area contributed by atoms with E-state index >= 15 is 0 Å². The zero-order valence-corrected chi connectivity index (χ0v) is 16.3. The molecule has 0 aliphatic carbocycles. The summed E-state index contributed by atoms with van der Waals surface area (Å²) in [5, 5.41) is 8.56. The van der Waals surface area contributed by atoms with E-state index in [2.05, 4.69) is 20.3 Å². The van der Waals surface area contributed by atoms with Gasteiger partial charge >= 0.3 is 0 Å². The minimum absolute atomic E-state index is 0.159. The van der Waals surface area contributed by atoms with Crippen LogP contribution in [-0.4, -0.2) is 20.9 Å². The largest absolute Gasteiger partial charge is 0.302 e. The average molecular weight is 413 g/mol. The van der Waals surface area contributed by atoms with Crippen molar-refractivity contribution < 1.29 is 4.79 Å². The zero-order valence-electron chi connectivity index (χ0n) is 13.9. The van der Waals surface area contributed by atoms with Crippen LogP contribution >= 0.6 is 34.3 Å². The lowest BCUT2D eigenvalue weighted by Gasteiger charge is -2.00. The Morgan fingerprint density at radius 3 is 2.67 bits per heavy atom. The molecule has 4 aromatic rings. The summed E-state index contributed by atoms with van der Waals surface area (Å²) in [5.74, 6) is -0.159. The van der Waals surface area contributed by atoms with Crippen molar-refractivity contribution >= 4 is 45.3 Å². The van der Waals surface area contributed by atoms with Gasteiger partial charge in [-0.05, 0) is 18.2 Å². The number of thiazole rings is 2. The molecule has 134 valence electrons. The van der Waals surface area contributed by atoms with Crippen molar-refractivity contribution in [2.45, 2.75) is 6.42 Å². The Bertz CT molecular complexity index is 1080. The van der Waals surface area contributed by atoms with Crippen LogP contribution in [0.25, 0.3) is 22.0 Å². The van der Waals surface area contributed by atoms with Crippen molar-refractivity contribution in [2.24, 2.45) is 0 Å². The third-order valence-electron chi connectivity index (χ3n) is 3.68. The number of pyridine rings is 1. The lowest BCUT2D eigenvalue weighted by Crippen LogP contribution is -2.14. The quantitative estimate of drug-likeness (QED) is 0.491. The summed E-state index contributed by atoms with van der Waals surface area (Å²) in [7, 11) is 0. The Morgan fingerprint density at radius 2 is 1.85 bits per heavy atom. The maximum atomic E-state index is 12.3.